The van der Waals surface area contributed by atoms with Crippen molar-refractivity contribution in [3.8, 4) is 0 Å². The lowest BCUT2D eigenvalue weighted by atomic mass is 9.94. The van der Waals surface area contributed by atoms with E-state index in [0.29, 0.717) is 20.9 Å². The molecule has 0 radical (unpaired) electrons. The Bertz CT molecular complexity index is 610. The lowest BCUT2D eigenvalue weighted by Gasteiger charge is -2.18. The van der Waals surface area contributed by atoms with Gasteiger partial charge in [0.15, 0.2) is 0 Å². The van der Waals surface area contributed by atoms with Gasteiger partial charge in [0.2, 0.25) is 0 Å². The van der Waals surface area contributed by atoms with Gasteiger partial charge in [0, 0.05) is 5.69 Å². The van der Waals surface area contributed by atoms with Crippen LogP contribution in [0.3, 0.4) is 0 Å². The number of halogens is 3. The summed E-state index contributed by atoms with van der Waals surface area (Å²) in [5, 5.41) is 1.31. The normalized spacial score (nSPS) is 15.0. The highest BCUT2D eigenvalue weighted by molar-refractivity contribution is 6.39. The summed E-state index contributed by atoms with van der Waals surface area (Å²) in [6.45, 7) is 0. The Morgan fingerprint density at radius 1 is 1.12 bits per heavy atom. The number of fused-ring (bicyclic) bond motifs is 2. The first-order valence-corrected chi connectivity index (χ1v) is 6.39. The van der Waals surface area contributed by atoms with Crippen LogP contribution in [-0.2, 0) is 12.8 Å². The number of hydrogen-bond donors (Lipinski definition) is 0. The van der Waals surface area contributed by atoms with Crippen molar-refractivity contribution >= 4 is 34.1 Å². The van der Waals surface area contributed by atoms with Crippen LogP contribution < -0.4 is 0 Å². The zero-order valence-corrected chi connectivity index (χ0v) is 10.6. The van der Waals surface area contributed by atoms with Crippen molar-refractivity contribution in [2.75, 3.05) is 0 Å². The molecule has 1 heterocycles. The molecule has 0 spiro atoms. The summed E-state index contributed by atoms with van der Waals surface area (Å²) in [6, 6.07) is 2.87. The molecule has 0 aliphatic heterocycles. The third-order valence-corrected chi connectivity index (χ3v) is 3.97. The molecule has 3 rings (SSSR count). The van der Waals surface area contributed by atoms with E-state index in [0.717, 1.165) is 36.9 Å². The van der Waals surface area contributed by atoms with Crippen LogP contribution in [0.4, 0.5) is 4.39 Å². The van der Waals surface area contributed by atoms with Crippen LogP contribution in [0.15, 0.2) is 12.1 Å². The van der Waals surface area contributed by atoms with Crippen LogP contribution in [0.25, 0.3) is 10.9 Å². The minimum atomic E-state index is -0.352. The number of aromatic nitrogens is 1. The first kappa shape index (κ1) is 11.2. The predicted octanol–water partition coefficient (Wildman–Crippen LogP) is 4.56. The summed E-state index contributed by atoms with van der Waals surface area (Å²) in [5.74, 6) is -0.352. The van der Waals surface area contributed by atoms with Crippen LogP contribution in [0.5, 0.6) is 0 Å². The molecule has 4 heteroatoms. The van der Waals surface area contributed by atoms with Crippen LogP contribution in [0.1, 0.15) is 24.1 Å². The van der Waals surface area contributed by atoms with Gasteiger partial charge < -0.3 is 0 Å². The van der Waals surface area contributed by atoms with E-state index in [-0.39, 0.29) is 5.82 Å². The lowest BCUT2D eigenvalue weighted by molar-refractivity contribution is 0.637. The monoisotopic (exact) mass is 269 g/mol. The van der Waals surface area contributed by atoms with E-state index in [2.05, 4.69) is 4.98 Å². The SMILES string of the molecule is Fc1ccc(Cl)c2nc3c(c(Cl)c12)CCCC3. The number of aryl methyl sites for hydroxylation is 1. The van der Waals surface area contributed by atoms with Crippen LogP contribution in [0.2, 0.25) is 10.0 Å². The maximum Gasteiger partial charge on any atom is 0.134 e. The molecule has 88 valence electrons. The summed E-state index contributed by atoms with van der Waals surface area (Å²) in [5.41, 5.74) is 2.45. The molecule has 1 aliphatic carbocycles. The van der Waals surface area contributed by atoms with Gasteiger partial charge in [-0.25, -0.2) is 4.39 Å². The minimum Gasteiger partial charge on any atom is -0.251 e. The Labute approximate surface area is 109 Å². The van der Waals surface area contributed by atoms with Crippen molar-refractivity contribution in [2.45, 2.75) is 25.7 Å². The molecule has 0 N–H and O–H groups in total. The van der Waals surface area contributed by atoms with E-state index in [1.165, 1.54) is 12.1 Å². The number of nitrogens with zero attached hydrogens (tertiary/aromatic N) is 1. The topological polar surface area (TPSA) is 12.9 Å². The highest BCUT2D eigenvalue weighted by Gasteiger charge is 2.20. The molecule has 0 amide bonds. The van der Waals surface area contributed by atoms with Gasteiger partial charge in [0.25, 0.3) is 0 Å². The highest BCUT2D eigenvalue weighted by atomic mass is 35.5. The molecule has 2 aromatic rings. The first-order valence-electron chi connectivity index (χ1n) is 5.63. The average Bonchev–Trinajstić information content (AvgIpc) is 2.34. The highest BCUT2D eigenvalue weighted by Crippen LogP contribution is 2.36. The Morgan fingerprint density at radius 3 is 2.71 bits per heavy atom. The lowest BCUT2D eigenvalue weighted by Crippen LogP contribution is -2.07. The fraction of sp³-hybridized carbons (Fsp3) is 0.308. The number of benzene rings is 1. The Morgan fingerprint density at radius 2 is 1.88 bits per heavy atom. The Balaban J connectivity index is 2.44. The fourth-order valence-corrected chi connectivity index (χ4v) is 2.98. The summed E-state index contributed by atoms with van der Waals surface area (Å²) in [7, 11) is 0. The maximum atomic E-state index is 13.8. The second-order valence-electron chi connectivity index (χ2n) is 4.31. The molecule has 1 nitrogen and oxygen atoms in total. The summed E-state index contributed by atoms with van der Waals surface area (Å²) < 4.78 is 13.8. The van der Waals surface area contributed by atoms with Crippen molar-refractivity contribution in [1.29, 1.82) is 0 Å². The van der Waals surface area contributed by atoms with Crippen molar-refractivity contribution in [2.24, 2.45) is 0 Å². The molecule has 0 saturated carbocycles. The summed E-state index contributed by atoms with van der Waals surface area (Å²) in [6.07, 6.45) is 3.97. The van der Waals surface area contributed by atoms with Gasteiger partial charge in [0.1, 0.15) is 5.82 Å². The predicted molar refractivity (Wildman–Crippen MR) is 68.4 cm³/mol. The van der Waals surface area contributed by atoms with Crippen LogP contribution in [0, 0.1) is 5.82 Å². The van der Waals surface area contributed by atoms with Crippen molar-refractivity contribution in [3.05, 3.63) is 39.3 Å². The van der Waals surface area contributed by atoms with E-state index in [1.54, 1.807) is 0 Å². The maximum absolute atomic E-state index is 13.8. The van der Waals surface area contributed by atoms with Gasteiger partial charge >= 0.3 is 0 Å². The molecule has 0 unspecified atom stereocenters. The molecule has 1 aromatic carbocycles. The largest absolute Gasteiger partial charge is 0.251 e. The molecular weight excluding hydrogens is 260 g/mol. The molecule has 0 bridgehead atoms. The number of pyridine rings is 1. The van der Waals surface area contributed by atoms with Gasteiger partial charge in [-0.05, 0) is 43.4 Å². The average molecular weight is 270 g/mol. The smallest absolute Gasteiger partial charge is 0.134 e. The summed E-state index contributed by atoms with van der Waals surface area (Å²) >= 11 is 12.4. The van der Waals surface area contributed by atoms with Gasteiger partial charge in [-0.3, -0.25) is 4.98 Å². The van der Waals surface area contributed by atoms with E-state index in [1.807, 2.05) is 0 Å². The Kier molecular flexibility index (Phi) is 2.72. The second-order valence-corrected chi connectivity index (χ2v) is 5.10. The molecule has 1 aromatic heterocycles. The van der Waals surface area contributed by atoms with Gasteiger partial charge in [-0.2, -0.15) is 0 Å². The molecule has 0 fully saturated rings. The molecule has 0 atom stereocenters. The van der Waals surface area contributed by atoms with E-state index >= 15 is 0 Å². The van der Waals surface area contributed by atoms with Gasteiger partial charge in [-0.1, -0.05) is 23.2 Å². The Hall–Kier alpha value is -0.860. The fourth-order valence-electron chi connectivity index (χ4n) is 2.39. The standard InChI is InChI=1S/C13H10Cl2FN/c14-8-5-6-9(16)11-12(15)7-3-1-2-4-10(7)17-13(8)11/h5-6H,1-4H2. The van der Waals surface area contributed by atoms with E-state index < -0.39 is 0 Å². The van der Waals surface area contributed by atoms with Crippen molar-refractivity contribution in [3.63, 3.8) is 0 Å². The second kappa shape index (κ2) is 4.11. The third kappa shape index (κ3) is 1.71. The molecule has 1 aliphatic rings. The van der Waals surface area contributed by atoms with Crippen LogP contribution in [-0.4, -0.2) is 4.98 Å². The zero-order chi connectivity index (χ0) is 12.0. The molecule has 17 heavy (non-hydrogen) atoms. The number of hydrogen-bond acceptors (Lipinski definition) is 1. The molecular formula is C13H10Cl2FN. The third-order valence-electron chi connectivity index (χ3n) is 3.25. The quantitative estimate of drug-likeness (QED) is 0.683. The number of rotatable bonds is 0. The zero-order valence-electron chi connectivity index (χ0n) is 9.06. The van der Waals surface area contributed by atoms with Gasteiger partial charge in [-0.15, -0.1) is 0 Å². The summed E-state index contributed by atoms with van der Waals surface area (Å²) in [4.78, 5) is 4.48. The minimum absolute atomic E-state index is 0.352. The van der Waals surface area contributed by atoms with Crippen molar-refractivity contribution in [1.82, 2.24) is 4.98 Å². The van der Waals surface area contributed by atoms with Crippen LogP contribution >= 0.6 is 23.2 Å². The first-order chi connectivity index (χ1) is 8.18. The van der Waals surface area contributed by atoms with E-state index in [9.17, 15) is 4.39 Å². The molecule has 0 saturated heterocycles. The van der Waals surface area contributed by atoms with E-state index in [4.69, 9.17) is 23.2 Å². The van der Waals surface area contributed by atoms with Gasteiger partial charge in [0.05, 0.1) is 20.9 Å². The van der Waals surface area contributed by atoms with Crippen molar-refractivity contribution < 1.29 is 4.39 Å².